The van der Waals surface area contributed by atoms with E-state index in [2.05, 4.69) is 0 Å². The Morgan fingerprint density at radius 2 is 1.66 bits per heavy atom. The molecule has 0 atom stereocenters. The first-order valence-corrected chi connectivity index (χ1v) is 14.7. The topological polar surface area (TPSA) is 79.4 Å². The summed E-state index contributed by atoms with van der Waals surface area (Å²) in [4.78, 5) is 28.0. The highest BCUT2D eigenvalue weighted by molar-refractivity contribution is 5.92. The summed E-state index contributed by atoms with van der Waals surface area (Å²) in [6.45, 7) is 9.40. The van der Waals surface area contributed by atoms with Crippen LogP contribution in [0.5, 0.6) is 23.0 Å². The Balaban J connectivity index is 1.64. The van der Waals surface area contributed by atoms with Crippen molar-refractivity contribution in [2.75, 3.05) is 19.7 Å². The molecule has 1 aromatic heterocycles. The number of alkyl halides is 3. The molecule has 10 heteroatoms. The van der Waals surface area contributed by atoms with Crippen LogP contribution in [0.15, 0.2) is 57.7 Å². The summed E-state index contributed by atoms with van der Waals surface area (Å²) in [5.41, 5.74) is 1.40. The first-order chi connectivity index (χ1) is 21.0. The van der Waals surface area contributed by atoms with Gasteiger partial charge in [-0.1, -0.05) is 6.07 Å². The number of hydrogen-bond donors (Lipinski definition) is 1. The Hall–Kier alpha value is -4.31. The minimum Gasteiger partial charge on any atom is -0.494 e. The molecule has 1 N–H and O–H groups in total. The summed E-state index contributed by atoms with van der Waals surface area (Å²) >= 11 is 0. The zero-order valence-corrected chi connectivity index (χ0v) is 25.2. The molecule has 1 aliphatic rings. The average Bonchev–Trinajstić information content (AvgIpc) is 2.98. The summed E-state index contributed by atoms with van der Waals surface area (Å²) in [5.74, 6) is -2.43. The van der Waals surface area contributed by atoms with Crippen molar-refractivity contribution in [1.29, 1.82) is 0 Å². The van der Waals surface area contributed by atoms with Crippen LogP contribution in [-0.4, -0.2) is 25.7 Å². The summed E-state index contributed by atoms with van der Waals surface area (Å²) < 4.78 is 66.0. The number of benzene rings is 3. The molecule has 2 heterocycles. The maximum atomic E-state index is 14.5. The fraction of sp³-hybridized carbons (Fsp3) is 0.353. The number of esters is 1. The van der Waals surface area contributed by atoms with E-state index in [-0.39, 0.29) is 40.1 Å². The molecule has 1 saturated heterocycles. The first-order valence-electron chi connectivity index (χ1n) is 14.7. The Morgan fingerprint density at radius 3 is 2.32 bits per heavy atom. The number of rotatable bonds is 8. The minimum atomic E-state index is -5.04. The van der Waals surface area contributed by atoms with Crippen LogP contribution in [0.4, 0.5) is 13.2 Å². The molecule has 44 heavy (non-hydrogen) atoms. The molecule has 0 unspecified atom stereocenters. The van der Waals surface area contributed by atoms with Gasteiger partial charge in [-0.05, 0) is 106 Å². The zero-order chi connectivity index (χ0) is 31.6. The van der Waals surface area contributed by atoms with E-state index in [1.54, 1.807) is 44.2 Å². The molecule has 0 bridgehead atoms. The van der Waals surface area contributed by atoms with Gasteiger partial charge >= 0.3 is 12.1 Å². The van der Waals surface area contributed by atoms with Gasteiger partial charge in [0.15, 0.2) is 5.58 Å². The van der Waals surface area contributed by atoms with E-state index in [4.69, 9.17) is 18.6 Å². The van der Waals surface area contributed by atoms with Crippen molar-refractivity contribution < 1.29 is 41.5 Å². The van der Waals surface area contributed by atoms with Crippen LogP contribution in [-0.2, 0) is 12.7 Å². The van der Waals surface area contributed by atoms with Crippen molar-refractivity contribution in [3.63, 3.8) is 0 Å². The molecule has 3 aromatic carbocycles. The van der Waals surface area contributed by atoms with Crippen LogP contribution in [0.25, 0.3) is 11.0 Å². The normalized spacial score (nSPS) is 14.1. The number of carbonyl (C=O) groups excluding carboxylic acids is 1. The fourth-order valence-corrected chi connectivity index (χ4v) is 5.53. The third-order valence-corrected chi connectivity index (χ3v) is 7.90. The van der Waals surface area contributed by atoms with Gasteiger partial charge < -0.3 is 23.5 Å². The Labute approximate surface area is 253 Å². The van der Waals surface area contributed by atoms with Crippen molar-refractivity contribution in [2.24, 2.45) is 0 Å². The lowest BCUT2D eigenvalue weighted by molar-refractivity contribution is -0.918. The lowest BCUT2D eigenvalue weighted by atomic mass is 10.0. The summed E-state index contributed by atoms with van der Waals surface area (Å²) in [6, 6.07) is 12.6. The minimum absolute atomic E-state index is 0.0320. The highest BCUT2D eigenvalue weighted by atomic mass is 19.4. The van der Waals surface area contributed by atoms with Gasteiger partial charge in [-0.15, -0.1) is 0 Å². The number of likely N-dealkylation sites (tertiary alicyclic amines) is 1. The number of ether oxygens (including phenoxy) is 3. The Morgan fingerprint density at radius 1 is 0.955 bits per heavy atom. The average molecular weight is 611 g/mol. The van der Waals surface area contributed by atoms with Crippen LogP contribution in [0.1, 0.15) is 64.6 Å². The molecule has 0 radical (unpaired) electrons. The quantitative estimate of drug-likeness (QED) is 0.176. The molecule has 0 saturated carbocycles. The van der Waals surface area contributed by atoms with Crippen molar-refractivity contribution in [3.05, 3.63) is 92.3 Å². The number of carbonyl (C=O) groups is 1. The van der Waals surface area contributed by atoms with Gasteiger partial charge in [0.05, 0.1) is 36.2 Å². The van der Waals surface area contributed by atoms with Gasteiger partial charge in [-0.3, -0.25) is 4.79 Å². The van der Waals surface area contributed by atoms with E-state index in [9.17, 15) is 22.8 Å². The van der Waals surface area contributed by atoms with Gasteiger partial charge in [-0.25, -0.2) is 4.79 Å². The molecule has 4 aromatic rings. The van der Waals surface area contributed by atoms with Crippen molar-refractivity contribution in [1.82, 2.24) is 0 Å². The third kappa shape index (κ3) is 6.60. The predicted molar refractivity (Wildman–Crippen MR) is 159 cm³/mol. The molecule has 0 spiro atoms. The monoisotopic (exact) mass is 610 g/mol. The lowest BCUT2D eigenvalue weighted by Crippen LogP contribution is -3.11. The van der Waals surface area contributed by atoms with Gasteiger partial charge in [0.1, 0.15) is 23.8 Å². The van der Waals surface area contributed by atoms with Gasteiger partial charge in [-0.2, -0.15) is 13.2 Å². The second-order valence-corrected chi connectivity index (χ2v) is 11.1. The molecule has 232 valence electrons. The third-order valence-electron chi connectivity index (χ3n) is 7.90. The van der Waals surface area contributed by atoms with Crippen LogP contribution < -0.4 is 24.5 Å². The summed E-state index contributed by atoms with van der Waals surface area (Å²) in [7, 11) is 0. The van der Waals surface area contributed by atoms with Crippen LogP contribution in [0.3, 0.4) is 0 Å². The number of hydrogen-bond acceptors (Lipinski definition) is 6. The SMILES string of the molecule is CCOc1ccc(C(=O)Oc2ccc3c(=O)c(Oc4cc(C)cc(C)c4C)c(C(F)(F)F)oc3c2C[NH+]2CCCCC2)cc1. The van der Waals surface area contributed by atoms with E-state index in [1.165, 1.54) is 12.1 Å². The Bertz CT molecular complexity index is 1740. The largest absolute Gasteiger partial charge is 0.494 e. The second kappa shape index (κ2) is 12.7. The smallest absolute Gasteiger partial charge is 0.453 e. The second-order valence-electron chi connectivity index (χ2n) is 11.1. The van der Waals surface area contributed by atoms with E-state index in [0.29, 0.717) is 17.9 Å². The van der Waals surface area contributed by atoms with Crippen molar-refractivity contribution >= 4 is 16.9 Å². The van der Waals surface area contributed by atoms with E-state index < -0.39 is 29.1 Å². The number of nitrogens with one attached hydrogen (secondary N) is 1. The fourth-order valence-electron chi connectivity index (χ4n) is 5.53. The van der Waals surface area contributed by atoms with Gasteiger partial charge in [0.25, 0.3) is 5.76 Å². The molecule has 7 nitrogen and oxygen atoms in total. The number of piperidine rings is 1. The Kier molecular flexibility index (Phi) is 9.01. The molecule has 1 fully saturated rings. The number of quaternary nitrogens is 1. The van der Waals surface area contributed by atoms with Crippen LogP contribution >= 0.6 is 0 Å². The van der Waals surface area contributed by atoms with Crippen molar-refractivity contribution in [2.45, 2.75) is 59.7 Å². The molecule has 0 amide bonds. The van der Waals surface area contributed by atoms with E-state index in [1.807, 2.05) is 19.9 Å². The number of halogens is 3. The molecule has 5 rings (SSSR count). The van der Waals surface area contributed by atoms with Crippen LogP contribution in [0.2, 0.25) is 0 Å². The van der Waals surface area contributed by atoms with Gasteiger partial charge in [0, 0.05) is 0 Å². The zero-order valence-electron chi connectivity index (χ0n) is 25.2. The molecule has 0 aliphatic carbocycles. The maximum absolute atomic E-state index is 14.5. The van der Waals surface area contributed by atoms with Crippen molar-refractivity contribution in [3.8, 4) is 23.0 Å². The highest BCUT2D eigenvalue weighted by Gasteiger charge is 2.41. The maximum Gasteiger partial charge on any atom is 0.453 e. The molecular formula is C34H35F3NO6+. The summed E-state index contributed by atoms with van der Waals surface area (Å²) in [5, 5.41) is -0.0951. The highest BCUT2D eigenvalue weighted by Crippen LogP contribution is 2.41. The van der Waals surface area contributed by atoms with E-state index >= 15 is 0 Å². The molecule has 1 aliphatic heterocycles. The van der Waals surface area contributed by atoms with Crippen LogP contribution in [0, 0.1) is 20.8 Å². The molecular weight excluding hydrogens is 575 g/mol. The summed E-state index contributed by atoms with van der Waals surface area (Å²) in [6.07, 6.45) is -2.08. The first kappa shape index (κ1) is 31.1. The van der Waals surface area contributed by atoms with E-state index in [0.717, 1.165) is 48.4 Å². The lowest BCUT2D eigenvalue weighted by Gasteiger charge is -2.25. The van der Waals surface area contributed by atoms with Gasteiger partial charge in [0.2, 0.25) is 11.2 Å². The standard InChI is InChI=1S/C34H34F3NO6/c1-5-41-24-11-9-23(10-12-24)33(40)43-27-14-13-25-29(39)31(42-28-18-20(2)17-21(3)22(28)4)32(34(35,36)37)44-30(25)26(27)19-38-15-7-6-8-16-38/h9-14,17-18H,5-8,15-16,19H2,1-4H3/p+1. The number of fused-ring (bicyclic) bond motifs is 1. The number of aryl methyl sites for hydroxylation is 2. The predicted octanol–water partition coefficient (Wildman–Crippen LogP) is 6.72.